The third-order valence-electron chi connectivity index (χ3n) is 4.00. The Morgan fingerprint density at radius 3 is 2.33 bits per heavy atom. The molecule has 0 heterocycles. The largest absolute Gasteiger partial charge is 0.497 e. The van der Waals surface area contributed by atoms with Crippen LogP contribution in [-0.4, -0.2) is 12.9 Å². The van der Waals surface area contributed by atoms with Crippen molar-refractivity contribution in [1.82, 2.24) is 0 Å². The van der Waals surface area contributed by atoms with Crippen molar-refractivity contribution in [2.45, 2.75) is 18.8 Å². The number of ketones is 1. The van der Waals surface area contributed by atoms with Crippen molar-refractivity contribution in [2.75, 3.05) is 12.4 Å². The Morgan fingerprint density at radius 1 is 1.04 bits per heavy atom. The van der Waals surface area contributed by atoms with Crippen LogP contribution < -0.4 is 10.1 Å². The second-order valence-electron chi connectivity index (χ2n) is 5.80. The molecule has 0 fully saturated rings. The van der Waals surface area contributed by atoms with E-state index in [4.69, 9.17) is 27.9 Å². The zero-order chi connectivity index (χ0) is 17.1. The van der Waals surface area contributed by atoms with Crippen LogP contribution in [0, 0.1) is 0 Å². The number of hydrogen-bond acceptors (Lipinski definition) is 3. The Bertz CT molecular complexity index is 764. The molecule has 0 aliphatic heterocycles. The molecule has 2 aromatic carbocycles. The Labute approximate surface area is 151 Å². The first-order valence-corrected chi connectivity index (χ1v) is 8.39. The van der Waals surface area contributed by atoms with Gasteiger partial charge in [0, 0.05) is 33.9 Å². The molecule has 0 spiro atoms. The molecule has 1 aliphatic carbocycles. The second-order valence-corrected chi connectivity index (χ2v) is 6.67. The summed E-state index contributed by atoms with van der Waals surface area (Å²) in [6, 6.07) is 13.1. The predicted octanol–water partition coefficient (Wildman–Crippen LogP) is 5.44. The summed E-state index contributed by atoms with van der Waals surface area (Å²) in [4.78, 5) is 12.1. The van der Waals surface area contributed by atoms with E-state index < -0.39 is 0 Å². The Hall–Kier alpha value is -1.97. The van der Waals surface area contributed by atoms with E-state index in [1.54, 1.807) is 31.4 Å². The third kappa shape index (κ3) is 4.11. The van der Waals surface area contributed by atoms with Crippen molar-refractivity contribution < 1.29 is 9.53 Å². The minimum absolute atomic E-state index is 0.109. The monoisotopic (exact) mass is 361 g/mol. The highest BCUT2D eigenvalue weighted by Crippen LogP contribution is 2.33. The van der Waals surface area contributed by atoms with Crippen molar-refractivity contribution in [2.24, 2.45) is 0 Å². The molecule has 0 bridgehead atoms. The summed E-state index contributed by atoms with van der Waals surface area (Å²) in [6.07, 6.45) is 2.92. The molecule has 0 saturated carbocycles. The van der Waals surface area contributed by atoms with Gasteiger partial charge in [0.25, 0.3) is 0 Å². The Balaban J connectivity index is 1.78. The number of methoxy groups -OCH3 is 1. The summed E-state index contributed by atoms with van der Waals surface area (Å²) in [6.45, 7) is 0. The van der Waals surface area contributed by atoms with Crippen LogP contribution in [-0.2, 0) is 4.79 Å². The van der Waals surface area contributed by atoms with Crippen LogP contribution in [0.5, 0.6) is 5.75 Å². The summed E-state index contributed by atoms with van der Waals surface area (Å²) < 4.78 is 5.18. The maximum atomic E-state index is 12.1. The molecular weight excluding hydrogens is 345 g/mol. The van der Waals surface area contributed by atoms with E-state index in [2.05, 4.69) is 5.32 Å². The smallest absolute Gasteiger partial charge is 0.158 e. The lowest BCUT2D eigenvalue weighted by Gasteiger charge is -2.23. The highest BCUT2D eigenvalue weighted by molar-refractivity contribution is 6.35. The van der Waals surface area contributed by atoms with E-state index in [-0.39, 0.29) is 11.7 Å². The molecule has 2 aromatic rings. The molecular formula is C19H17Cl2NO2. The van der Waals surface area contributed by atoms with E-state index in [0.717, 1.165) is 29.1 Å². The summed E-state index contributed by atoms with van der Waals surface area (Å²) in [5, 5.41) is 4.37. The van der Waals surface area contributed by atoms with Crippen LogP contribution in [0.15, 0.2) is 54.2 Å². The molecule has 0 amide bonds. The molecule has 3 rings (SSSR count). The normalized spacial score (nSPS) is 17.4. The van der Waals surface area contributed by atoms with Crippen LogP contribution >= 0.6 is 23.2 Å². The van der Waals surface area contributed by atoms with Gasteiger partial charge in [-0.2, -0.15) is 0 Å². The number of benzene rings is 2. The van der Waals surface area contributed by atoms with Crippen LogP contribution in [0.2, 0.25) is 10.0 Å². The molecule has 1 atom stereocenters. The van der Waals surface area contributed by atoms with Crippen molar-refractivity contribution >= 4 is 34.7 Å². The summed E-state index contributed by atoms with van der Waals surface area (Å²) in [7, 11) is 1.64. The molecule has 0 radical (unpaired) electrons. The molecule has 1 aliphatic rings. The van der Waals surface area contributed by atoms with Crippen molar-refractivity contribution in [3.05, 3.63) is 69.8 Å². The highest BCUT2D eigenvalue weighted by atomic mass is 35.5. The topological polar surface area (TPSA) is 38.3 Å². The predicted molar refractivity (Wildman–Crippen MR) is 98.1 cm³/mol. The van der Waals surface area contributed by atoms with E-state index in [0.29, 0.717) is 16.5 Å². The number of ether oxygens (including phenoxy) is 1. The van der Waals surface area contributed by atoms with Gasteiger partial charge in [0.2, 0.25) is 0 Å². The number of halogens is 2. The Morgan fingerprint density at radius 2 is 1.71 bits per heavy atom. The van der Waals surface area contributed by atoms with Crippen molar-refractivity contribution in [3.8, 4) is 5.75 Å². The quantitative estimate of drug-likeness (QED) is 0.787. The van der Waals surface area contributed by atoms with E-state index in [9.17, 15) is 4.79 Å². The molecule has 0 aromatic heterocycles. The lowest BCUT2D eigenvalue weighted by atomic mass is 9.85. The van der Waals surface area contributed by atoms with E-state index >= 15 is 0 Å². The van der Waals surface area contributed by atoms with Crippen LogP contribution in [0.1, 0.15) is 24.3 Å². The third-order valence-corrected chi connectivity index (χ3v) is 4.44. The lowest BCUT2D eigenvalue weighted by Crippen LogP contribution is -2.16. The van der Waals surface area contributed by atoms with Gasteiger partial charge in [-0.1, -0.05) is 35.3 Å². The van der Waals surface area contributed by atoms with Gasteiger partial charge in [0.1, 0.15) is 5.75 Å². The molecule has 1 N–H and O–H groups in total. The number of carbonyl (C=O) groups excluding carboxylic acids is 1. The highest BCUT2D eigenvalue weighted by Gasteiger charge is 2.22. The average Bonchev–Trinajstić information content (AvgIpc) is 2.53. The van der Waals surface area contributed by atoms with E-state index in [1.807, 2.05) is 24.3 Å². The fraction of sp³-hybridized carbons (Fsp3) is 0.211. The van der Waals surface area contributed by atoms with E-state index in [1.165, 1.54) is 0 Å². The second kappa shape index (κ2) is 7.29. The molecule has 0 saturated heterocycles. The number of rotatable bonds is 4. The fourth-order valence-corrected chi connectivity index (χ4v) is 3.43. The SMILES string of the molecule is COc1ccc([C@H]2CC(=O)C=C(Nc3cc(Cl)cc(Cl)c3)C2)cc1. The molecule has 24 heavy (non-hydrogen) atoms. The van der Waals surface area contributed by atoms with Gasteiger partial charge in [-0.25, -0.2) is 0 Å². The number of hydrogen-bond donors (Lipinski definition) is 1. The number of allylic oxidation sites excluding steroid dienone is 2. The first kappa shape index (κ1) is 16.9. The number of carbonyl (C=O) groups is 1. The van der Waals surface area contributed by atoms with Crippen LogP contribution in [0.25, 0.3) is 0 Å². The Kier molecular flexibility index (Phi) is 5.12. The maximum absolute atomic E-state index is 12.1. The van der Waals surface area contributed by atoms with Crippen LogP contribution in [0.3, 0.4) is 0 Å². The molecule has 0 unspecified atom stereocenters. The minimum atomic E-state index is 0.109. The summed E-state index contributed by atoms with van der Waals surface area (Å²) in [5.74, 6) is 1.06. The minimum Gasteiger partial charge on any atom is -0.497 e. The molecule has 124 valence electrons. The average molecular weight is 362 g/mol. The van der Waals surface area contributed by atoms with Gasteiger partial charge in [-0.3, -0.25) is 4.79 Å². The zero-order valence-electron chi connectivity index (χ0n) is 13.2. The number of anilines is 1. The summed E-state index contributed by atoms with van der Waals surface area (Å²) >= 11 is 12.1. The van der Waals surface area contributed by atoms with Crippen LogP contribution in [0.4, 0.5) is 5.69 Å². The van der Waals surface area contributed by atoms with Gasteiger partial charge in [0.05, 0.1) is 7.11 Å². The molecule has 3 nitrogen and oxygen atoms in total. The lowest BCUT2D eigenvalue weighted by molar-refractivity contribution is -0.115. The standard InChI is InChI=1S/C19H17Cl2NO2/c1-24-19-4-2-12(3-5-19)13-6-16(11-18(23)7-13)22-17-9-14(20)8-15(21)10-17/h2-5,8-11,13,22H,6-7H2,1H3/t13-/m1/s1. The van der Waals surface area contributed by atoms with Gasteiger partial charge in [-0.15, -0.1) is 0 Å². The van der Waals surface area contributed by atoms with Gasteiger partial charge in [0.15, 0.2) is 5.78 Å². The number of nitrogens with one attached hydrogen (secondary N) is 1. The molecule has 5 heteroatoms. The van der Waals surface area contributed by atoms with Gasteiger partial charge < -0.3 is 10.1 Å². The maximum Gasteiger partial charge on any atom is 0.158 e. The first-order chi connectivity index (χ1) is 11.5. The van der Waals surface area contributed by atoms with Crippen molar-refractivity contribution in [3.63, 3.8) is 0 Å². The zero-order valence-corrected chi connectivity index (χ0v) is 14.7. The van der Waals surface area contributed by atoms with Gasteiger partial charge in [-0.05, 0) is 48.2 Å². The summed E-state index contributed by atoms with van der Waals surface area (Å²) in [5.41, 5.74) is 2.77. The fourth-order valence-electron chi connectivity index (χ4n) is 2.90. The first-order valence-electron chi connectivity index (χ1n) is 7.64. The van der Waals surface area contributed by atoms with Crippen molar-refractivity contribution in [1.29, 1.82) is 0 Å². The van der Waals surface area contributed by atoms with Gasteiger partial charge >= 0.3 is 0 Å².